The van der Waals surface area contributed by atoms with Gasteiger partial charge in [-0.2, -0.15) is 0 Å². The molecule has 3 heteroatoms. The van der Waals surface area contributed by atoms with E-state index in [1.807, 2.05) is 0 Å². The molecule has 114 valence electrons. The molecule has 2 atom stereocenters. The van der Waals surface area contributed by atoms with Crippen molar-refractivity contribution >= 4 is 0 Å². The van der Waals surface area contributed by atoms with Crippen LogP contribution >= 0.6 is 0 Å². The van der Waals surface area contributed by atoms with Crippen molar-refractivity contribution in [3.8, 4) is 0 Å². The molecule has 1 fully saturated rings. The number of nitrogens with zero attached hydrogens (tertiary/aromatic N) is 1. The minimum absolute atomic E-state index is 0.435. The van der Waals surface area contributed by atoms with E-state index in [2.05, 4.69) is 58.7 Å². The third-order valence-corrected chi connectivity index (χ3v) is 5.13. The summed E-state index contributed by atoms with van der Waals surface area (Å²) in [6.07, 6.45) is 0. The van der Waals surface area contributed by atoms with E-state index in [9.17, 15) is 0 Å². The van der Waals surface area contributed by atoms with Gasteiger partial charge in [0.1, 0.15) is 0 Å². The first kappa shape index (κ1) is 13.9. The van der Waals surface area contributed by atoms with Crippen LogP contribution in [0.15, 0.2) is 48.5 Å². The van der Waals surface area contributed by atoms with E-state index in [0.29, 0.717) is 18.5 Å². The third-order valence-electron chi connectivity index (χ3n) is 5.13. The molecular formula is C19H23N3. The van der Waals surface area contributed by atoms with Crippen LogP contribution in [0.25, 0.3) is 0 Å². The van der Waals surface area contributed by atoms with Gasteiger partial charge in [0, 0.05) is 44.7 Å². The van der Waals surface area contributed by atoms with Gasteiger partial charge >= 0.3 is 0 Å². The molecule has 3 N–H and O–H groups in total. The highest BCUT2D eigenvalue weighted by atomic mass is 15.2. The lowest BCUT2D eigenvalue weighted by Gasteiger charge is -2.45. The lowest BCUT2D eigenvalue weighted by atomic mass is 9.78. The lowest BCUT2D eigenvalue weighted by Crippen LogP contribution is -2.50. The zero-order valence-electron chi connectivity index (χ0n) is 12.8. The van der Waals surface area contributed by atoms with E-state index in [1.165, 1.54) is 22.3 Å². The number of rotatable bonds is 2. The standard InChI is InChI=1S/C19H23N3/c20-11-15-7-4-8-16-18-12-21-9-10-22(18)13-17(19(15)16)14-5-2-1-3-6-14/h1-8,17-18,21H,9-13,20H2/t17-,18-/m1/s1. The van der Waals surface area contributed by atoms with Crippen molar-refractivity contribution in [2.45, 2.75) is 18.5 Å². The van der Waals surface area contributed by atoms with Gasteiger partial charge in [-0.25, -0.2) is 0 Å². The average molecular weight is 293 g/mol. The Morgan fingerprint density at radius 3 is 2.77 bits per heavy atom. The van der Waals surface area contributed by atoms with Gasteiger partial charge in [0.2, 0.25) is 0 Å². The Hall–Kier alpha value is -1.68. The molecule has 4 rings (SSSR count). The van der Waals surface area contributed by atoms with Crippen LogP contribution in [0.4, 0.5) is 0 Å². The van der Waals surface area contributed by atoms with Crippen molar-refractivity contribution in [1.82, 2.24) is 10.2 Å². The molecule has 1 saturated heterocycles. The summed E-state index contributed by atoms with van der Waals surface area (Å²) in [5.74, 6) is 0.435. The Balaban J connectivity index is 1.86. The topological polar surface area (TPSA) is 41.3 Å². The number of hydrogen-bond acceptors (Lipinski definition) is 3. The van der Waals surface area contributed by atoms with E-state index < -0.39 is 0 Å². The smallest absolute Gasteiger partial charge is 0.0476 e. The minimum atomic E-state index is 0.435. The summed E-state index contributed by atoms with van der Waals surface area (Å²) in [6.45, 7) is 4.97. The molecule has 0 unspecified atom stereocenters. The Bertz CT molecular complexity index is 653. The first-order chi connectivity index (χ1) is 10.9. The van der Waals surface area contributed by atoms with Crippen molar-refractivity contribution in [1.29, 1.82) is 0 Å². The molecule has 2 aliphatic heterocycles. The van der Waals surface area contributed by atoms with Gasteiger partial charge in [0.15, 0.2) is 0 Å². The van der Waals surface area contributed by atoms with E-state index in [1.54, 1.807) is 0 Å². The summed E-state index contributed by atoms with van der Waals surface area (Å²) < 4.78 is 0. The first-order valence-corrected chi connectivity index (χ1v) is 8.20. The summed E-state index contributed by atoms with van der Waals surface area (Å²) in [5, 5.41) is 3.54. The van der Waals surface area contributed by atoms with Gasteiger partial charge in [-0.1, -0.05) is 48.5 Å². The molecule has 0 aliphatic carbocycles. The maximum atomic E-state index is 6.05. The second-order valence-electron chi connectivity index (χ2n) is 6.30. The fourth-order valence-electron chi connectivity index (χ4n) is 4.08. The van der Waals surface area contributed by atoms with Crippen molar-refractivity contribution in [2.75, 3.05) is 26.2 Å². The monoisotopic (exact) mass is 293 g/mol. The number of hydrogen-bond donors (Lipinski definition) is 2. The van der Waals surface area contributed by atoms with Crippen molar-refractivity contribution in [3.63, 3.8) is 0 Å². The summed E-state index contributed by atoms with van der Waals surface area (Å²) in [6, 6.07) is 18.0. The maximum absolute atomic E-state index is 6.05. The molecule has 0 aromatic heterocycles. The third kappa shape index (κ3) is 2.26. The Morgan fingerprint density at radius 2 is 1.95 bits per heavy atom. The number of nitrogens with one attached hydrogen (secondary N) is 1. The molecule has 2 aromatic carbocycles. The summed E-state index contributed by atoms with van der Waals surface area (Å²) in [4.78, 5) is 2.64. The van der Waals surface area contributed by atoms with Crippen LogP contribution in [0.1, 0.15) is 34.2 Å². The average Bonchev–Trinajstić information content (AvgIpc) is 2.61. The molecule has 2 heterocycles. The maximum Gasteiger partial charge on any atom is 0.0476 e. The highest BCUT2D eigenvalue weighted by molar-refractivity contribution is 5.47. The Kier molecular flexibility index (Phi) is 3.70. The van der Waals surface area contributed by atoms with E-state index in [-0.39, 0.29) is 0 Å². The first-order valence-electron chi connectivity index (χ1n) is 8.20. The second-order valence-corrected chi connectivity index (χ2v) is 6.30. The van der Waals surface area contributed by atoms with Crippen molar-refractivity contribution in [3.05, 3.63) is 70.8 Å². The van der Waals surface area contributed by atoms with Gasteiger partial charge < -0.3 is 11.1 Å². The molecule has 0 spiro atoms. The van der Waals surface area contributed by atoms with Crippen LogP contribution in [0, 0.1) is 0 Å². The quantitative estimate of drug-likeness (QED) is 0.892. The van der Waals surface area contributed by atoms with Crippen molar-refractivity contribution in [2.24, 2.45) is 5.73 Å². The normalized spacial score (nSPS) is 24.6. The minimum Gasteiger partial charge on any atom is -0.326 e. The van der Waals surface area contributed by atoms with Gasteiger partial charge in [-0.15, -0.1) is 0 Å². The zero-order valence-corrected chi connectivity index (χ0v) is 12.8. The number of benzene rings is 2. The van der Waals surface area contributed by atoms with E-state index in [0.717, 1.165) is 26.2 Å². The highest BCUT2D eigenvalue weighted by Gasteiger charge is 2.35. The van der Waals surface area contributed by atoms with Crippen LogP contribution in [0.3, 0.4) is 0 Å². The van der Waals surface area contributed by atoms with Crippen LogP contribution in [-0.2, 0) is 6.54 Å². The molecule has 2 aromatic rings. The molecule has 0 radical (unpaired) electrons. The Morgan fingerprint density at radius 1 is 1.09 bits per heavy atom. The molecule has 0 saturated carbocycles. The predicted octanol–water partition coefficient (Wildman–Crippen LogP) is 2.24. The van der Waals surface area contributed by atoms with Gasteiger partial charge in [0.05, 0.1) is 0 Å². The molecule has 0 amide bonds. The molecule has 3 nitrogen and oxygen atoms in total. The van der Waals surface area contributed by atoms with E-state index in [4.69, 9.17) is 5.73 Å². The van der Waals surface area contributed by atoms with Crippen LogP contribution in [0.5, 0.6) is 0 Å². The van der Waals surface area contributed by atoms with Gasteiger partial charge in [-0.3, -0.25) is 4.90 Å². The second kappa shape index (κ2) is 5.84. The summed E-state index contributed by atoms with van der Waals surface area (Å²) in [5.41, 5.74) is 11.7. The predicted molar refractivity (Wildman–Crippen MR) is 89.8 cm³/mol. The summed E-state index contributed by atoms with van der Waals surface area (Å²) in [7, 11) is 0. The van der Waals surface area contributed by atoms with Crippen LogP contribution in [-0.4, -0.2) is 31.1 Å². The molecule has 0 bridgehead atoms. The van der Waals surface area contributed by atoms with Crippen molar-refractivity contribution < 1.29 is 0 Å². The highest BCUT2D eigenvalue weighted by Crippen LogP contribution is 2.41. The fraction of sp³-hybridized carbons (Fsp3) is 0.368. The van der Waals surface area contributed by atoms with Gasteiger partial charge in [0.25, 0.3) is 0 Å². The molecule has 2 aliphatic rings. The fourth-order valence-corrected chi connectivity index (χ4v) is 4.08. The zero-order chi connectivity index (χ0) is 14.9. The SMILES string of the molecule is NCc1cccc2c1[C@@H](c1ccccc1)CN1CCNC[C@H]21. The summed E-state index contributed by atoms with van der Waals surface area (Å²) >= 11 is 0. The number of nitrogens with two attached hydrogens (primary N) is 1. The number of fused-ring (bicyclic) bond motifs is 3. The molecule has 22 heavy (non-hydrogen) atoms. The van der Waals surface area contributed by atoms with Crippen LogP contribution < -0.4 is 11.1 Å². The van der Waals surface area contributed by atoms with E-state index >= 15 is 0 Å². The molecular weight excluding hydrogens is 270 g/mol. The van der Waals surface area contributed by atoms with Crippen LogP contribution in [0.2, 0.25) is 0 Å². The lowest BCUT2D eigenvalue weighted by molar-refractivity contribution is 0.143. The number of piperazine rings is 1. The van der Waals surface area contributed by atoms with Gasteiger partial charge in [-0.05, 0) is 22.3 Å². The Labute approximate surface area is 132 Å². The largest absolute Gasteiger partial charge is 0.326 e.